The second-order valence-corrected chi connectivity index (χ2v) is 5.12. The molecule has 2 aromatic rings. The SMILES string of the molecule is CCNCc1cnc(Oc2ccc(Cl)cc2Br)nc1. The molecule has 0 radical (unpaired) electrons. The summed E-state index contributed by atoms with van der Waals surface area (Å²) < 4.78 is 6.34. The van der Waals surface area contributed by atoms with Gasteiger partial charge in [-0.2, -0.15) is 0 Å². The molecule has 6 heteroatoms. The van der Waals surface area contributed by atoms with Gasteiger partial charge in [-0.3, -0.25) is 0 Å². The Bertz CT molecular complexity index is 548. The average Bonchev–Trinajstić information content (AvgIpc) is 2.41. The average molecular weight is 343 g/mol. The van der Waals surface area contributed by atoms with E-state index in [9.17, 15) is 0 Å². The van der Waals surface area contributed by atoms with Gasteiger partial charge in [0.05, 0.1) is 4.47 Å². The number of nitrogens with zero attached hydrogens (tertiary/aromatic N) is 2. The van der Waals surface area contributed by atoms with E-state index in [1.165, 1.54) is 0 Å². The summed E-state index contributed by atoms with van der Waals surface area (Å²) in [6, 6.07) is 5.59. The Morgan fingerprint density at radius 2 is 2.05 bits per heavy atom. The first-order valence-corrected chi connectivity index (χ1v) is 7.00. The maximum Gasteiger partial charge on any atom is 0.321 e. The molecule has 0 aliphatic heterocycles. The third-order valence-electron chi connectivity index (χ3n) is 2.36. The highest BCUT2D eigenvalue weighted by Gasteiger charge is 2.05. The van der Waals surface area contributed by atoms with Crippen molar-refractivity contribution in [2.45, 2.75) is 13.5 Å². The van der Waals surface area contributed by atoms with Gasteiger partial charge in [0.15, 0.2) is 0 Å². The standard InChI is InChI=1S/C13H13BrClN3O/c1-2-16-6-9-7-17-13(18-8-9)19-12-4-3-10(15)5-11(12)14/h3-5,7-8,16H,2,6H2,1H3. The predicted octanol–water partition coefficient (Wildman–Crippen LogP) is 3.79. The minimum atomic E-state index is 0.309. The number of halogens is 2. The lowest BCUT2D eigenvalue weighted by atomic mass is 10.3. The molecule has 100 valence electrons. The highest BCUT2D eigenvalue weighted by atomic mass is 79.9. The van der Waals surface area contributed by atoms with Gasteiger partial charge in [0.25, 0.3) is 0 Å². The van der Waals surface area contributed by atoms with E-state index in [1.54, 1.807) is 30.6 Å². The van der Waals surface area contributed by atoms with Crippen molar-refractivity contribution in [3.63, 3.8) is 0 Å². The van der Waals surface area contributed by atoms with E-state index in [1.807, 2.05) is 0 Å². The van der Waals surface area contributed by atoms with Crippen molar-refractivity contribution in [2.24, 2.45) is 0 Å². The van der Waals surface area contributed by atoms with Crippen LogP contribution in [0.5, 0.6) is 11.8 Å². The zero-order valence-corrected chi connectivity index (χ0v) is 12.7. The maximum atomic E-state index is 5.87. The van der Waals surface area contributed by atoms with E-state index in [0.717, 1.165) is 23.1 Å². The van der Waals surface area contributed by atoms with Crippen LogP contribution in [0.15, 0.2) is 35.1 Å². The number of hydrogen-bond acceptors (Lipinski definition) is 4. The summed E-state index contributed by atoms with van der Waals surface area (Å²) in [5, 5.41) is 3.85. The number of rotatable bonds is 5. The van der Waals surface area contributed by atoms with Crippen molar-refractivity contribution in [1.29, 1.82) is 0 Å². The Morgan fingerprint density at radius 3 is 2.68 bits per heavy atom. The first-order chi connectivity index (χ1) is 9.19. The molecule has 0 amide bonds. The van der Waals surface area contributed by atoms with Crippen LogP contribution in [0, 0.1) is 0 Å². The summed E-state index contributed by atoms with van der Waals surface area (Å²) in [5.41, 5.74) is 1.02. The first-order valence-electron chi connectivity index (χ1n) is 5.83. The molecule has 0 atom stereocenters. The van der Waals surface area contributed by atoms with E-state index in [2.05, 4.69) is 38.1 Å². The van der Waals surface area contributed by atoms with Gasteiger partial charge in [0, 0.05) is 29.5 Å². The summed E-state index contributed by atoms with van der Waals surface area (Å²) in [7, 11) is 0. The third-order valence-corrected chi connectivity index (χ3v) is 3.21. The van der Waals surface area contributed by atoms with Gasteiger partial charge in [-0.05, 0) is 40.7 Å². The van der Waals surface area contributed by atoms with Crippen LogP contribution in [-0.2, 0) is 6.54 Å². The molecule has 0 saturated heterocycles. The summed E-state index contributed by atoms with van der Waals surface area (Å²) in [5.74, 6) is 0.629. The monoisotopic (exact) mass is 341 g/mol. The number of aromatic nitrogens is 2. The molecule has 0 fully saturated rings. The van der Waals surface area contributed by atoms with Gasteiger partial charge >= 0.3 is 6.01 Å². The summed E-state index contributed by atoms with van der Waals surface area (Å²) in [6.07, 6.45) is 3.49. The third kappa shape index (κ3) is 4.16. The molecule has 0 aliphatic rings. The van der Waals surface area contributed by atoms with Gasteiger partial charge in [0.1, 0.15) is 5.75 Å². The van der Waals surface area contributed by atoms with Crippen molar-refractivity contribution >= 4 is 27.5 Å². The predicted molar refractivity (Wildman–Crippen MR) is 78.6 cm³/mol. The van der Waals surface area contributed by atoms with Crippen LogP contribution in [0.1, 0.15) is 12.5 Å². The van der Waals surface area contributed by atoms with Crippen LogP contribution in [0.3, 0.4) is 0 Å². The zero-order valence-electron chi connectivity index (χ0n) is 10.4. The van der Waals surface area contributed by atoms with Crippen LogP contribution < -0.4 is 10.1 Å². The molecule has 1 aromatic carbocycles. The van der Waals surface area contributed by atoms with Gasteiger partial charge in [-0.25, -0.2) is 9.97 Å². The van der Waals surface area contributed by atoms with Crippen molar-refractivity contribution in [3.8, 4) is 11.8 Å². The van der Waals surface area contributed by atoms with Crippen LogP contribution in [0.25, 0.3) is 0 Å². The Hall–Kier alpha value is -1.17. The topological polar surface area (TPSA) is 47.0 Å². The number of hydrogen-bond donors (Lipinski definition) is 1. The lowest BCUT2D eigenvalue weighted by Gasteiger charge is -2.07. The largest absolute Gasteiger partial charge is 0.423 e. The van der Waals surface area contributed by atoms with E-state index < -0.39 is 0 Å². The van der Waals surface area contributed by atoms with E-state index in [0.29, 0.717) is 16.8 Å². The number of nitrogens with one attached hydrogen (secondary N) is 1. The zero-order chi connectivity index (χ0) is 13.7. The van der Waals surface area contributed by atoms with Gasteiger partial charge in [0.2, 0.25) is 0 Å². The lowest BCUT2D eigenvalue weighted by Crippen LogP contribution is -2.12. The van der Waals surface area contributed by atoms with Crippen molar-refractivity contribution in [3.05, 3.63) is 45.7 Å². The van der Waals surface area contributed by atoms with Crippen LogP contribution >= 0.6 is 27.5 Å². The van der Waals surface area contributed by atoms with Gasteiger partial charge in [-0.15, -0.1) is 0 Å². The molecule has 0 aliphatic carbocycles. The molecule has 4 nitrogen and oxygen atoms in total. The molecule has 1 aromatic heterocycles. The summed E-state index contributed by atoms with van der Waals surface area (Å²) >= 11 is 9.24. The molecule has 19 heavy (non-hydrogen) atoms. The number of ether oxygens (including phenoxy) is 1. The first kappa shape index (κ1) is 14.2. The smallest absolute Gasteiger partial charge is 0.321 e. The quantitative estimate of drug-likeness (QED) is 0.898. The highest BCUT2D eigenvalue weighted by molar-refractivity contribution is 9.10. The minimum Gasteiger partial charge on any atom is -0.423 e. The molecular weight excluding hydrogens is 330 g/mol. The number of benzene rings is 1. The molecule has 1 heterocycles. The van der Waals surface area contributed by atoms with E-state index in [4.69, 9.17) is 16.3 Å². The molecule has 0 saturated carbocycles. The van der Waals surface area contributed by atoms with Gasteiger partial charge < -0.3 is 10.1 Å². The maximum absolute atomic E-state index is 5.87. The fourth-order valence-corrected chi connectivity index (χ4v) is 2.18. The van der Waals surface area contributed by atoms with Crippen molar-refractivity contribution < 1.29 is 4.74 Å². The molecule has 2 rings (SSSR count). The van der Waals surface area contributed by atoms with Crippen molar-refractivity contribution in [1.82, 2.24) is 15.3 Å². The van der Waals surface area contributed by atoms with E-state index >= 15 is 0 Å². The Balaban J connectivity index is 2.06. The minimum absolute atomic E-state index is 0.309. The van der Waals surface area contributed by atoms with Crippen LogP contribution in [0.2, 0.25) is 5.02 Å². The highest BCUT2D eigenvalue weighted by Crippen LogP contribution is 2.30. The lowest BCUT2D eigenvalue weighted by molar-refractivity contribution is 0.438. The fraction of sp³-hybridized carbons (Fsp3) is 0.231. The van der Waals surface area contributed by atoms with E-state index in [-0.39, 0.29) is 0 Å². The van der Waals surface area contributed by atoms with Gasteiger partial charge in [-0.1, -0.05) is 18.5 Å². The Kier molecular flexibility index (Phi) is 5.13. The van der Waals surface area contributed by atoms with Crippen LogP contribution in [-0.4, -0.2) is 16.5 Å². The summed E-state index contributed by atoms with van der Waals surface area (Å²) in [6.45, 7) is 3.72. The molecule has 0 unspecified atom stereocenters. The second kappa shape index (κ2) is 6.84. The molecular formula is C13H13BrClN3O. The Labute approximate surface area is 125 Å². The normalized spacial score (nSPS) is 10.5. The molecule has 0 spiro atoms. The summed E-state index contributed by atoms with van der Waals surface area (Å²) in [4.78, 5) is 8.33. The molecule has 0 bridgehead atoms. The second-order valence-electron chi connectivity index (χ2n) is 3.83. The van der Waals surface area contributed by atoms with Crippen molar-refractivity contribution in [2.75, 3.05) is 6.54 Å². The Morgan fingerprint density at radius 1 is 1.32 bits per heavy atom. The fourth-order valence-electron chi connectivity index (χ4n) is 1.41. The van der Waals surface area contributed by atoms with Crippen LogP contribution in [0.4, 0.5) is 0 Å². The molecule has 1 N–H and O–H groups in total.